The van der Waals surface area contributed by atoms with E-state index in [2.05, 4.69) is 10.6 Å². The average molecular weight is 454 g/mol. The van der Waals surface area contributed by atoms with E-state index in [-0.39, 0.29) is 32.3 Å². The Morgan fingerprint density at radius 2 is 1.85 bits per heavy atom. The fourth-order valence-electron chi connectivity index (χ4n) is 2.91. The van der Waals surface area contributed by atoms with Gasteiger partial charge in [-0.1, -0.05) is 6.07 Å². The number of nitrogens with one attached hydrogen (secondary N) is 2. The molecule has 1 atom stereocenters. The molecule has 172 valence electrons. The third-order valence-electron chi connectivity index (χ3n) is 4.53. The molecule has 0 radical (unpaired) electrons. The molecule has 3 aromatic rings. The summed E-state index contributed by atoms with van der Waals surface area (Å²) >= 11 is 0. The minimum atomic E-state index is -0.917. The lowest BCUT2D eigenvalue weighted by Gasteiger charge is -2.14. The summed E-state index contributed by atoms with van der Waals surface area (Å²) < 4.78 is 26.5. The van der Waals surface area contributed by atoms with Gasteiger partial charge in [-0.05, 0) is 36.4 Å². The molecular weight excluding hydrogens is 432 g/mol. The molecule has 0 bridgehead atoms. The van der Waals surface area contributed by atoms with Crippen molar-refractivity contribution in [3.63, 3.8) is 0 Å². The first-order valence-electron chi connectivity index (χ1n) is 10.1. The largest absolute Gasteiger partial charge is 0.491 e. The molecule has 10 nitrogen and oxygen atoms in total. The third-order valence-corrected chi connectivity index (χ3v) is 4.53. The van der Waals surface area contributed by atoms with Crippen LogP contribution < -0.4 is 29.6 Å². The van der Waals surface area contributed by atoms with Gasteiger partial charge in [0, 0.05) is 24.4 Å². The maximum Gasteiger partial charge on any atom is 0.291 e. The predicted molar refractivity (Wildman–Crippen MR) is 116 cm³/mol. The van der Waals surface area contributed by atoms with Crippen LogP contribution in [0.4, 0.5) is 5.69 Å². The van der Waals surface area contributed by atoms with E-state index < -0.39 is 17.9 Å². The highest BCUT2D eigenvalue weighted by atomic mass is 16.7. The van der Waals surface area contributed by atoms with Gasteiger partial charge in [-0.15, -0.1) is 0 Å². The number of ether oxygens (including phenoxy) is 4. The molecule has 1 aromatic heterocycles. The highest BCUT2D eigenvalue weighted by Gasteiger charge is 2.15. The van der Waals surface area contributed by atoms with Crippen LogP contribution in [-0.4, -0.2) is 49.6 Å². The molecule has 1 aliphatic rings. The molecule has 4 rings (SSSR count). The van der Waals surface area contributed by atoms with Crippen LogP contribution in [0.25, 0.3) is 0 Å². The van der Waals surface area contributed by atoms with Crippen molar-refractivity contribution < 1.29 is 38.1 Å². The quantitative estimate of drug-likeness (QED) is 0.425. The number of benzene rings is 2. The molecule has 0 saturated carbocycles. The van der Waals surface area contributed by atoms with Crippen molar-refractivity contribution in [1.29, 1.82) is 0 Å². The molecule has 2 aromatic carbocycles. The van der Waals surface area contributed by atoms with E-state index in [9.17, 15) is 14.7 Å². The zero-order valence-electron chi connectivity index (χ0n) is 17.5. The standard InChI is InChI=1S/C23H22N2O8/c26-16(12-30-18-6-7-19-21(10-18)33-14-32-19)11-24-22(27)13-31-17-4-1-3-15(9-17)25-23(28)20-5-2-8-29-20/h1-10,16,26H,11-14H2,(H,24,27)(H,25,28). The van der Waals surface area contributed by atoms with E-state index in [4.69, 9.17) is 23.4 Å². The number of hydrogen-bond acceptors (Lipinski definition) is 8. The number of rotatable bonds is 10. The van der Waals surface area contributed by atoms with Crippen molar-refractivity contribution in [3.8, 4) is 23.0 Å². The van der Waals surface area contributed by atoms with Crippen molar-refractivity contribution in [1.82, 2.24) is 5.32 Å². The molecule has 33 heavy (non-hydrogen) atoms. The third kappa shape index (κ3) is 6.17. The lowest BCUT2D eigenvalue weighted by molar-refractivity contribution is -0.123. The van der Waals surface area contributed by atoms with E-state index in [1.807, 2.05) is 0 Å². The number of amides is 2. The molecule has 10 heteroatoms. The van der Waals surface area contributed by atoms with Crippen LogP contribution in [-0.2, 0) is 4.79 Å². The van der Waals surface area contributed by atoms with E-state index in [1.165, 1.54) is 6.26 Å². The smallest absolute Gasteiger partial charge is 0.291 e. The van der Waals surface area contributed by atoms with Crippen molar-refractivity contribution in [3.05, 3.63) is 66.6 Å². The van der Waals surface area contributed by atoms with Gasteiger partial charge in [0.05, 0.1) is 6.26 Å². The number of aliphatic hydroxyl groups excluding tert-OH is 1. The molecule has 3 N–H and O–H groups in total. The van der Waals surface area contributed by atoms with Gasteiger partial charge in [0.1, 0.15) is 24.2 Å². The normalized spacial score (nSPS) is 12.6. The molecule has 2 heterocycles. The minimum absolute atomic E-state index is 0.00795. The number of carbonyl (C=O) groups excluding carboxylic acids is 2. The van der Waals surface area contributed by atoms with Gasteiger partial charge in [-0.3, -0.25) is 9.59 Å². The fourth-order valence-corrected chi connectivity index (χ4v) is 2.91. The zero-order chi connectivity index (χ0) is 23.0. The fraction of sp³-hybridized carbons (Fsp3) is 0.217. The minimum Gasteiger partial charge on any atom is -0.491 e. The first-order chi connectivity index (χ1) is 16.1. The lowest BCUT2D eigenvalue weighted by atomic mass is 10.3. The van der Waals surface area contributed by atoms with E-state index in [0.717, 1.165) is 0 Å². The molecule has 1 unspecified atom stereocenters. The van der Waals surface area contributed by atoms with Gasteiger partial charge in [-0.25, -0.2) is 0 Å². The average Bonchev–Trinajstić information content (AvgIpc) is 3.52. The van der Waals surface area contributed by atoms with Crippen LogP contribution in [0.5, 0.6) is 23.0 Å². The second-order valence-electron chi connectivity index (χ2n) is 7.03. The maximum atomic E-state index is 12.0. The molecule has 0 fully saturated rings. The van der Waals surface area contributed by atoms with Crippen molar-refractivity contribution in [2.45, 2.75) is 6.10 Å². The number of hydrogen-bond donors (Lipinski definition) is 3. The number of furan rings is 1. The van der Waals surface area contributed by atoms with Gasteiger partial charge in [0.25, 0.3) is 11.8 Å². The van der Waals surface area contributed by atoms with E-state index in [1.54, 1.807) is 54.6 Å². The number of aliphatic hydroxyl groups is 1. The second kappa shape index (κ2) is 10.4. The Kier molecular flexibility index (Phi) is 6.96. The lowest BCUT2D eigenvalue weighted by Crippen LogP contribution is -2.37. The number of fused-ring (bicyclic) bond motifs is 1. The van der Waals surface area contributed by atoms with Gasteiger partial charge < -0.3 is 39.1 Å². The Morgan fingerprint density at radius 1 is 1.00 bits per heavy atom. The summed E-state index contributed by atoms with van der Waals surface area (Å²) in [4.78, 5) is 24.1. The van der Waals surface area contributed by atoms with Gasteiger partial charge >= 0.3 is 0 Å². The summed E-state index contributed by atoms with van der Waals surface area (Å²) in [7, 11) is 0. The maximum absolute atomic E-state index is 12.0. The van der Waals surface area contributed by atoms with E-state index in [0.29, 0.717) is 28.7 Å². The summed E-state index contributed by atoms with van der Waals surface area (Å²) in [5.41, 5.74) is 0.491. The molecular formula is C23H22N2O8. The number of carbonyl (C=O) groups is 2. The summed E-state index contributed by atoms with van der Waals surface area (Å²) in [6.07, 6.45) is 0.493. The molecule has 2 amide bonds. The SMILES string of the molecule is O=C(COc1cccc(NC(=O)c2ccco2)c1)NCC(O)COc1ccc2c(c1)OCO2. The Bertz CT molecular complexity index is 1100. The molecule has 0 saturated heterocycles. The first kappa shape index (κ1) is 22.0. The predicted octanol–water partition coefficient (Wildman–Crippen LogP) is 2.20. The Balaban J connectivity index is 1.17. The van der Waals surface area contributed by atoms with Gasteiger partial charge in [0.2, 0.25) is 6.79 Å². The number of anilines is 1. The Morgan fingerprint density at radius 3 is 2.70 bits per heavy atom. The highest BCUT2D eigenvalue weighted by molar-refractivity contribution is 6.02. The van der Waals surface area contributed by atoms with Crippen LogP contribution in [0.15, 0.2) is 65.3 Å². The van der Waals surface area contributed by atoms with Gasteiger partial charge in [0.15, 0.2) is 23.9 Å². The van der Waals surface area contributed by atoms with Crippen LogP contribution in [0, 0.1) is 0 Å². The van der Waals surface area contributed by atoms with Crippen LogP contribution in [0.1, 0.15) is 10.6 Å². The van der Waals surface area contributed by atoms with Crippen LogP contribution in [0.2, 0.25) is 0 Å². The summed E-state index contributed by atoms with van der Waals surface area (Å²) in [6.45, 7) is -0.116. The zero-order valence-corrected chi connectivity index (χ0v) is 17.5. The summed E-state index contributed by atoms with van der Waals surface area (Å²) in [6, 6.07) is 14.9. The molecule has 0 spiro atoms. The highest BCUT2D eigenvalue weighted by Crippen LogP contribution is 2.35. The Labute approximate surface area is 189 Å². The summed E-state index contributed by atoms with van der Waals surface area (Å²) in [5.74, 6) is 1.51. The Hall–Kier alpha value is -4.18. The summed E-state index contributed by atoms with van der Waals surface area (Å²) in [5, 5.41) is 15.3. The topological polar surface area (TPSA) is 128 Å². The van der Waals surface area contributed by atoms with Crippen molar-refractivity contribution >= 4 is 17.5 Å². The van der Waals surface area contributed by atoms with Crippen LogP contribution in [0.3, 0.4) is 0 Å². The first-order valence-corrected chi connectivity index (χ1v) is 10.1. The van der Waals surface area contributed by atoms with Crippen molar-refractivity contribution in [2.75, 3.05) is 31.9 Å². The van der Waals surface area contributed by atoms with Gasteiger partial charge in [-0.2, -0.15) is 0 Å². The molecule has 1 aliphatic heterocycles. The van der Waals surface area contributed by atoms with E-state index >= 15 is 0 Å². The second-order valence-corrected chi connectivity index (χ2v) is 7.03. The van der Waals surface area contributed by atoms with Crippen LogP contribution >= 0.6 is 0 Å². The molecule has 0 aliphatic carbocycles. The van der Waals surface area contributed by atoms with Crippen molar-refractivity contribution in [2.24, 2.45) is 0 Å². The monoisotopic (exact) mass is 454 g/mol.